The first-order valence-corrected chi connectivity index (χ1v) is 6.41. The molecule has 17 heavy (non-hydrogen) atoms. The van der Waals surface area contributed by atoms with Crippen molar-refractivity contribution in [2.75, 3.05) is 32.7 Å². The molecular formula is C12H24ClN3O. The van der Waals surface area contributed by atoms with E-state index in [1.807, 2.05) is 4.90 Å². The highest BCUT2D eigenvalue weighted by Crippen LogP contribution is 2.16. The number of nitrogens with two attached hydrogens (primary N) is 1. The summed E-state index contributed by atoms with van der Waals surface area (Å²) in [7, 11) is 0. The molecule has 100 valence electrons. The molecule has 1 atom stereocenters. The number of carbonyl (C=O) groups excluding carboxylic acids is 1. The molecule has 0 bridgehead atoms. The van der Waals surface area contributed by atoms with Gasteiger partial charge >= 0.3 is 0 Å². The third-order valence-corrected chi connectivity index (χ3v) is 3.80. The lowest BCUT2D eigenvalue weighted by Gasteiger charge is -2.31. The summed E-state index contributed by atoms with van der Waals surface area (Å²) in [5.41, 5.74) is 5.83. The summed E-state index contributed by atoms with van der Waals surface area (Å²) in [4.78, 5) is 16.2. The van der Waals surface area contributed by atoms with E-state index in [1.54, 1.807) is 0 Å². The van der Waals surface area contributed by atoms with Crippen LogP contribution in [0.1, 0.15) is 26.2 Å². The molecule has 4 nitrogen and oxygen atoms in total. The van der Waals surface area contributed by atoms with E-state index >= 15 is 0 Å². The van der Waals surface area contributed by atoms with E-state index in [9.17, 15) is 4.79 Å². The first-order valence-electron chi connectivity index (χ1n) is 6.41. The van der Waals surface area contributed by atoms with Gasteiger partial charge in [-0.2, -0.15) is 0 Å². The zero-order valence-electron chi connectivity index (χ0n) is 10.6. The molecule has 2 rings (SSSR count). The normalized spacial score (nSPS) is 26.9. The van der Waals surface area contributed by atoms with Crippen LogP contribution in [-0.4, -0.2) is 54.5 Å². The Bertz CT molecular complexity index is 254. The fourth-order valence-electron chi connectivity index (χ4n) is 2.56. The zero-order chi connectivity index (χ0) is 11.5. The number of hydrogen-bond acceptors (Lipinski definition) is 3. The highest BCUT2D eigenvalue weighted by Gasteiger charge is 2.25. The van der Waals surface area contributed by atoms with E-state index in [-0.39, 0.29) is 18.4 Å². The van der Waals surface area contributed by atoms with Crippen LogP contribution in [-0.2, 0) is 4.79 Å². The van der Waals surface area contributed by atoms with Crippen molar-refractivity contribution >= 4 is 18.3 Å². The lowest BCUT2D eigenvalue weighted by atomic mass is 9.99. The van der Waals surface area contributed by atoms with Crippen molar-refractivity contribution in [2.24, 2.45) is 11.7 Å². The highest BCUT2D eigenvalue weighted by atomic mass is 35.5. The van der Waals surface area contributed by atoms with Crippen LogP contribution < -0.4 is 5.73 Å². The minimum atomic E-state index is 0. The quantitative estimate of drug-likeness (QED) is 0.796. The lowest BCUT2D eigenvalue weighted by molar-refractivity contribution is -0.133. The van der Waals surface area contributed by atoms with Crippen molar-refractivity contribution in [1.29, 1.82) is 0 Å². The molecule has 0 unspecified atom stereocenters. The van der Waals surface area contributed by atoms with Crippen LogP contribution in [0, 0.1) is 5.92 Å². The Morgan fingerprint density at radius 2 is 1.88 bits per heavy atom. The van der Waals surface area contributed by atoms with Crippen molar-refractivity contribution in [3.8, 4) is 0 Å². The van der Waals surface area contributed by atoms with Crippen LogP contribution in [0.2, 0.25) is 0 Å². The first-order chi connectivity index (χ1) is 7.65. The number of nitrogens with zero attached hydrogens (tertiary/aromatic N) is 2. The molecule has 2 N–H and O–H groups in total. The second-order valence-electron chi connectivity index (χ2n) is 5.35. The molecule has 0 spiro atoms. The van der Waals surface area contributed by atoms with Gasteiger partial charge < -0.3 is 10.6 Å². The third-order valence-electron chi connectivity index (χ3n) is 3.80. The van der Waals surface area contributed by atoms with Crippen molar-refractivity contribution in [2.45, 2.75) is 32.2 Å². The van der Waals surface area contributed by atoms with Gasteiger partial charge in [0.1, 0.15) is 0 Å². The predicted octanol–water partition coefficient (Wildman–Crippen LogP) is 0.700. The largest absolute Gasteiger partial charge is 0.342 e. The molecule has 0 aliphatic carbocycles. The molecule has 0 radical (unpaired) electrons. The Hall–Kier alpha value is -0.320. The van der Waals surface area contributed by atoms with Gasteiger partial charge in [0.15, 0.2) is 0 Å². The van der Waals surface area contributed by atoms with E-state index in [2.05, 4.69) is 11.8 Å². The molecule has 2 saturated heterocycles. The fraction of sp³-hybridized carbons (Fsp3) is 0.917. The van der Waals surface area contributed by atoms with E-state index in [0.717, 1.165) is 51.4 Å². The molecule has 2 fully saturated rings. The Morgan fingerprint density at radius 3 is 2.41 bits per heavy atom. The zero-order valence-corrected chi connectivity index (χ0v) is 11.4. The van der Waals surface area contributed by atoms with Gasteiger partial charge in [-0.25, -0.2) is 0 Å². The van der Waals surface area contributed by atoms with Crippen LogP contribution in [0.4, 0.5) is 0 Å². The predicted molar refractivity (Wildman–Crippen MR) is 71.3 cm³/mol. The van der Waals surface area contributed by atoms with Gasteiger partial charge in [0.25, 0.3) is 0 Å². The second-order valence-corrected chi connectivity index (χ2v) is 5.35. The Morgan fingerprint density at radius 1 is 1.24 bits per heavy atom. The SMILES string of the molecule is CC1CCN(C(=O)CN2CC[C@H](N)C2)CC1.Cl. The maximum Gasteiger partial charge on any atom is 0.236 e. The molecule has 0 aromatic rings. The number of halogens is 1. The van der Waals surface area contributed by atoms with Crippen molar-refractivity contribution in [3.63, 3.8) is 0 Å². The minimum absolute atomic E-state index is 0. The maximum atomic E-state index is 12.0. The van der Waals surface area contributed by atoms with Crippen molar-refractivity contribution in [1.82, 2.24) is 9.80 Å². The van der Waals surface area contributed by atoms with Crippen LogP contribution in [0.5, 0.6) is 0 Å². The summed E-state index contributed by atoms with van der Waals surface area (Å²) in [5, 5.41) is 0. The average molecular weight is 262 g/mol. The lowest BCUT2D eigenvalue weighted by Crippen LogP contribution is -2.43. The number of rotatable bonds is 2. The molecule has 1 amide bonds. The third kappa shape index (κ3) is 4.12. The van der Waals surface area contributed by atoms with E-state index < -0.39 is 0 Å². The van der Waals surface area contributed by atoms with E-state index in [4.69, 9.17) is 5.73 Å². The standard InChI is InChI=1S/C12H23N3O.ClH/c1-10-2-6-15(7-3-10)12(16)9-14-5-4-11(13)8-14;/h10-11H,2-9,13H2,1H3;1H/t11-;/m0./s1. The molecular weight excluding hydrogens is 238 g/mol. The maximum absolute atomic E-state index is 12.0. The van der Waals surface area contributed by atoms with Gasteiger partial charge in [0.05, 0.1) is 6.54 Å². The summed E-state index contributed by atoms with van der Waals surface area (Å²) in [6, 6.07) is 0.272. The Kier molecular flexibility index (Phi) is 5.70. The number of piperidine rings is 1. The number of amides is 1. The van der Waals surface area contributed by atoms with Gasteiger partial charge in [0.2, 0.25) is 5.91 Å². The van der Waals surface area contributed by atoms with Crippen LogP contribution in [0.15, 0.2) is 0 Å². The Balaban J connectivity index is 0.00000144. The fourth-order valence-corrected chi connectivity index (χ4v) is 2.56. The minimum Gasteiger partial charge on any atom is -0.342 e. The number of likely N-dealkylation sites (tertiary alicyclic amines) is 2. The first kappa shape index (κ1) is 14.7. The van der Waals surface area contributed by atoms with E-state index in [0.29, 0.717) is 12.5 Å². The monoisotopic (exact) mass is 261 g/mol. The summed E-state index contributed by atoms with van der Waals surface area (Å²) in [5.74, 6) is 1.07. The average Bonchev–Trinajstić information content (AvgIpc) is 2.65. The molecule has 2 heterocycles. The summed E-state index contributed by atoms with van der Waals surface area (Å²) in [6.45, 7) is 6.59. The topological polar surface area (TPSA) is 49.6 Å². The van der Waals surface area contributed by atoms with Gasteiger partial charge in [-0.1, -0.05) is 6.92 Å². The molecule has 2 aliphatic rings. The van der Waals surface area contributed by atoms with Crippen molar-refractivity contribution < 1.29 is 4.79 Å². The summed E-state index contributed by atoms with van der Waals surface area (Å²) < 4.78 is 0. The smallest absolute Gasteiger partial charge is 0.236 e. The van der Waals surface area contributed by atoms with Crippen molar-refractivity contribution in [3.05, 3.63) is 0 Å². The van der Waals surface area contributed by atoms with Gasteiger partial charge in [-0.05, 0) is 25.2 Å². The van der Waals surface area contributed by atoms with Gasteiger partial charge in [-0.15, -0.1) is 12.4 Å². The number of carbonyl (C=O) groups is 1. The van der Waals surface area contributed by atoms with Crippen LogP contribution in [0.3, 0.4) is 0 Å². The summed E-state index contributed by atoms with van der Waals surface area (Å²) in [6.07, 6.45) is 3.35. The Labute approximate surface area is 110 Å². The van der Waals surface area contributed by atoms with Gasteiger partial charge in [-0.3, -0.25) is 9.69 Å². The summed E-state index contributed by atoms with van der Waals surface area (Å²) >= 11 is 0. The van der Waals surface area contributed by atoms with Gasteiger partial charge in [0, 0.05) is 32.2 Å². The molecule has 2 aliphatic heterocycles. The van der Waals surface area contributed by atoms with E-state index in [1.165, 1.54) is 0 Å². The van der Waals surface area contributed by atoms with Crippen LogP contribution in [0.25, 0.3) is 0 Å². The highest BCUT2D eigenvalue weighted by molar-refractivity contribution is 5.85. The second kappa shape index (κ2) is 6.57. The van der Waals surface area contributed by atoms with Crippen LogP contribution >= 0.6 is 12.4 Å². The molecule has 0 aromatic carbocycles. The molecule has 0 aromatic heterocycles. The molecule has 5 heteroatoms. The molecule has 0 saturated carbocycles. The number of hydrogen-bond donors (Lipinski definition) is 1.